The smallest absolute Gasteiger partial charge is 0.268 e. The highest BCUT2D eigenvalue weighted by Gasteiger charge is 2.30. The molecular formula is C17H17N5O. The largest absolute Gasteiger partial charge is 0.346 e. The molecule has 1 aliphatic rings. The van der Waals surface area contributed by atoms with Crippen LogP contribution in [0.2, 0.25) is 0 Å². The second kappa shape index (κ2) is 5.08. The number of aromatic nitrogens is 3. The zero-order chi connectivity index (χ0) is 16.0. The van der Waals surface area contributed by atoms with Crippen molar-refractivity contribution in [3.8, 4) is 0 Å². The van der Waals surface area contributed by atoms with Crippen LogP contribution >= 0.6 is 0 Å². The molecule has 1 amide bonds. The Hall–Kier alpha value is -2.89. The monoisotopic (exact) mass is 307 g/mol. The van der Waals surface area contributed by atoms with E-state index in [1.165, 1.54) is 0 Å². The molecule has 4 rings (SSSR count). The lowest BCUT2D eigenvalue weighted by Crippen LogP contribution is -2.44. The molecule has 0 aliphatic carbocycles. The van der Waals surface area contributed by atoms with Gasteiger partial charge in [-0.05, 0) is 32.0 Å². The number of nitrogens with one attached hydrogen (secondary N) is 2. The van der Waals surface area contributed by atoms with Gasteiger partial charge in [-0.3, -0.25) is 4.79 Å². The van der Waals surface area contributed by atoms with Crippen molar-refractivity contribution in [2.75, 3.05) is 5.32 Å². The lowest BCUT2D eigenvalue weighted by molar-refractivity contribution is 0.0891. The van der Waals surface area contributed by atoms with Crippen molar-refractivity contribution in [3.05, 3.63) is 48.3 Å². The summed E-state index contributed by atoms with van der Waals surface area (Å²) in [6, 6.07) is 11.8. The predicted octanol–water partition coefficient (Wildman–Crippen LogP) is 2.87. The summed E-state index contributed by atoms with van der Waals surface area (Å²) in [5.41, 5.74) is 2.34. The zero-order valence-corrected chi connectivity index (χ0v) is 12.9. The molecule has 0 fully saturated rings. The molecule has 0 bridgehead atoms. The van der Waals surface area contributed by atoms with Crippen LogP contribution in [-0.4, -0.2) is 26.5 Å². The van der Waals surface area contributed by atoms with Crippen LogP contribution in [0, 0.1) is 0 Å². The fourth-order valence-electron chi connectivity index (χ4n) is 2.93. The number of hydrogen-bond donors (Lipinski definition) is 2. The molecule has 3 heterocycles. The van der Waals surface area contributed by atoms with Crippen LogP contribution in [0.3, 0.4) is 0 Å². The summed E-state index contributed by atoms with van der Waals surface area (Å²) in [5, 5.41) is 7.04. The van der Waals surface area contributed by atoms with Crippen molar-refractivity contribution in [2.45, 2.75) is 25.9 Å². The SMILES string of the molecule is CC1NC(=O)c2cc3cnc(Nc4ccccc4)nc3n2C1C. The number of anilines is 2. The van der Waals surface area contributed by atoms with Gasteiger partial charge in [0.15, 0.2) is 0 Å². The van der Waals surface area contributed by atoms with Gasteiger partial charge in [0.05, 0.1) is 6.04 Å². The summed E-state index contributed by atoms with van der Waals surface area (Å²) < 4.78 is 2.00. The van der Waals surface area contributed by atoms with Crippen LogP contribution in [0.15, 0.2) is 42.6 Å². The van der Waals surface area contributed by atoms with Crippen molar-refractivity contribution in [3.63, 3.8) is 0 Å². The van der Waals surface area contributed by atoms with E-state index in [4.69, 9.17) is 0 Å². The van der Waals surface area contributed by atoms with E-state index in [2.05, 4.69) is 27.5 Å². The molecular weight excluding hydrogens is 290 g/mol. The second-order valence-corrected chi connectivity index (χ2v) is 5.87. The van der Waals surface area contributed by atoms with Crippen LogP contribution in [0.5, 0.6) is 0 Å². The number of carbonyl (C=O) groups excluding carboxylic acids is 1. The molecule has 6 heteroatoms. The summed E-state index contributed by atoms with van der Waals surface area (Å²) in [6.07, 6.45) is 1.75. The Kier molecular flexibility index (Phi) is 3.04. The fourth-order valence-corrected chi connectivity index (χ4v) is 2.93. The van der Waals surface area contributed by atoms with Crippen LogP contribution in [0.25, 0.3) is 11.0 Å². The van der Waals surface area contributed by atoms with Gasteiger partial charge in [0.1, 0.15) is 11.3 Å². The third-order valence-electron chi connectivity index (χ3n) is 4.33. The summed E-state index contributed by atoms with van der Waals surface area (Å²) in [4.78, 5) is 21.2. The van der Waals surface area contributed by atoms with Crippen molar-refractivity contribution >= 4 is 28.6 Å². The van der Waals surface area contributed by atoms with Crippen molar-refractivity contribution < 1.29 is 4.79 Å². The summed E-state index contributed by atoms with van der Waals surface area (Å²) in [7, 11) is 0. The number of amides is 1. The van der Waals surface area contributed by atoms with Crippen molar-refractivity contribution in [1.82, 2.24) is 19.9 Å². The van der Waals surface area contributed by atoms with E-state index >= 15 is 0 Å². The summed E-state index contributed by atoms with van der Waals surface area (Å²) in [5.74, 6) is 0.460. The maximum atomic E-state index is 12.2. The van der Waals surface area contributed by atoms with Gasteiger partial charge in [-0.25, -0.2) is 4.98 Å². The van der Waals surface area contributed by atoms with Crippen LogP contribution < -0.4 is 10.6 Å². The summed E-state index contributed by atoms with van der Waals surface area (Å²) >= 11 is 0. The molecule has 2 atom stereocenters. The van der Waals surface area contributed by atoms with Gasteiger partial charge in [-0.15, -0.1) is 0 Å². The Bertz CT molecular complexity index is 887. The average molecular weight is 307 g/mol. The molecule has 1 aromatic carbocycles. The Morgan fingerprint density at radius 2 is 2.00 bits per heavy atom. The first-order valence-corrected chi connectivity index (χ1v) is 7.64. The first kappa shape index (κ1) is 13.8. The molecule has 0 saturated carbocycles. The van der Waals surface area contributed by atoms with Crippen LogP contribution in [0.4, 0.5) is 11.6 Å². The molecule has 2 aromatic heterocycles. The van der Waals surface area contributed by atoms with E-state index in [1.807, 2.05) is 47.9 Å². The molecule has 2 N–H and O–H groups in total. The predicted molar refractivity (Wildman–Crippen MR) is 88.9 cm³/mol. The van der Waals surface area contributed by atoms with Crippen LogP contribution in [-0.2, 0) is 0 Å². The van der Waals surface area contributed by atoms with E-state index in [0.717, 1.165) is 16.7 Å². The number of para-hydroxylation sites is 1. The molecule has 0 radical (unpaired) electrons. The van der Waals surface area contributed by atoms with E-state index in [-0.39, 0.29) is 18.0 Å². The van der Waals surface area contributed by atoms with Crippen LogP contribution in [0.1, 0.15) is 30.4 Å². The average Bonchev–Trinajstić information content (AvgIpc) is 2.93. The minimum atomic E-state index is -0.0637. The quantitative estimate of drug-likeness (QED) is 0.763. The Morgan fingerprint density at radius 3 is 2.78 bits per heavy atom. The van der Waals surface area contributed by atoms with Gasteiger partial charge < -0.3 is 15.2 Å². The summed E-state index contributed by atoms with van der Waals surface area (Å²) in [6.45, 7) is 4.08. The standard InChI is InChI=1S/C17H17N5O/c1-10-11(2)22-14(16(23)19-10)8-12-9-18-17(21-15(12)22)20-13-6-4-3-5-7-13/h3-11H,1-2H3,(H,19,23)(H,18,20,21). The van der Waals surface area contributed by atoms with E-state index in [0.29, 0.717) is 11.6 Å². The number of carbonyl (C=O) groups is 1. The molecule has 2 unspecified atom stereocenters. The second-order valence-electron chi connectivity index (χ2n) is 5.87. The number of benzene rings is 1. The number of hydrogen-bond acceptors (Lipinski definition) is 4. The first-order chi connectivity index (χ1) is 11.1. The maximum Gasteiger partial charge on any atom is 0.268 e. The van der Waals surface area contributed by atoms with Gasteiger partial charge >= 0.3 is 0 Å². The van der Waals surface area contributed by atoms with Gasteiger partial charge in [0, 0.05) is 23.3 Å². The van der Waals surface area contributed by atoms with Gasteiger partial charge in [0.25, 0.3) is 5.91 Å². The number of rotatable bonds is 2. The van der Waals surface area contributed by atoms with E-state index < -0.39 is 0 Å². The molecule has 3 aromatic rings. The van der Waals surface area contributed by atoms with Gasteiger partial charge in [0.2, 0.25) is 5.95 Å². The van der Waals surface area contributed by atoms with Gasteiger partial charge in [-0.2, -0.15) is 4.98 Å². The Balaban J connectivity index is 1.81. The first-order valence-electron chi connectivity index (χ1n) is 7.64. The normalized spacial score (nSPS) is 20.2. The minimum absolute atomic E-state index is 0.0612. The van der Waals surface area contributed by atoms with Crippen molar-refractivity contribution in [1.29, 1.82) is 0 Å². The number of fused-ring (bicyclic) bond motifs is 3. The highest BCUT2D eigenvalue weighted by Crippen LogP contribution is 2.28. The van der Waals surface area contributed by atoms with Gasteiger partial charge in [-0.1, -0.05) is 18.2 Å². The molecule has 116 valence electrons. The topological polar surface area (TPSA) is 71.8 Å². The maximum absolute atomic E-state index is 12.2. The molecule has 0 saturated heterocycles. The minimum Gasteiger partial charge on any atom is -0.346 e. The lowest BCUT2D eigenvalue weighted by atomic mass is 10.1. The van der Waals surface area contributed by atoms with E-state index in [1.54, 1.807) is 6.20 Å². The third kappa shape index (κ3) is 2.23. The highest BCUT2D eigenvalue weighted by molar-refractivity contribution is 5.99. The Morgan fingerprint density at radius 1 is 1.22 bits per heavy atom. The van der Waals surface area contributed by atoms with Crippen molar-refractivity contribution in [2.24, 2.45) is 0 Å². The fraction of sp³-hybridized carbons (Fsp3) is 0.235. The third-order valence-corrected chi connectivity index (χ3v) is 4.33. The Labute approximate surface area is 133 Å². The number of nitrogens with zero attached hydrogens (tertiary/aromatic N) is 3. The van der Waals surface area contributed by atoms with E-state index in [9.17, 15) is 4.79 Å². The highest BCUT2D eigenvalue weighted by atomic mass is 16.2. The lowest BCUT2D eigenvalue weighted by Gasteiger charge is -2.29. The molecule has 1 aliphatic heterocycles. The molecule has 23 heavy (non-hydrogen) atoms. The molecule has 6 nitrogen and oxygen atoms in total. The molecule has 0 spiro atoms. The zero-order valence-electron chi connectivity index (χ0n) is 12.9.